The normalized spacial score (nSPS) is 11.6. The molecule has 0 aliphatic carbocycles. The van der Waals surface area contributed by atoms with Crippen LogP contribution < -0.4 is 0 Å². The number of hydrogen-bond acceptors (Lipinski definition) is 3. The summed E-state index contributed by atoms with van der Waals surface area (Å²) in [5.41, 5.74) is 1.68. The Morgan fingerprint density at radius 1 is 0.643 bits per heavy atom. The predicted octanol–water partition coefficient (Wildman–Crippen LogP) is 6.23. The number of alkyl halides is 3. The second-order valence-corrected chi connectivity index (χ2v) is 6.04. The van der Waals surface area contributed by atoms with Crippen molar-refractivity contribution in [2.24, 2.45) is 0 Å². The summed E-state index contributed by atoms with van der Waals surface area (Å²) in [6.07, 6.45) is -4.39. The molecule has 0 fully saturated rings. The van der Waals surface area contributed by atoms with E-state index in [1.807, 2.05) is 0 Å². The van der Waals surface area contributed by atoms with Gasteiger partial charge in [0.25, 0.3) is 0 Å². The van der Waals surface area contributed by atoms with Crippen molar-refractivity contribution in [3.63, 3.8) is 0 Å². The Hall–Kier alpha value is -3.48. The molecule has 0 saturated heterocycles. The van der Waals surface area contributed by atoms with E-state index >= 15 is 0 Å². The van der Waals surface area contributed by atoms with E-state index < -0.39 is 11.7 Å². The quantitative estimate of drug-likeness (QED) is 0.393. The summed E-state index contributed by atoms with van der Waals surface area (Å²) >= 11 is 0. The average Bonchev–Trinajstić information content (AvgIpc) is 3.18. The number of halogens is 4. The highest BCUT2D eigenvalue weighted by Gasteiger charge is 2.30. The minimum absolute atomic E-state index is 0.217. The van der Waals surface area contributed by atoms with E-state index in [-0.39, 0.29) is 17.6 Å². The van der Waals surface area contributed by atoms with E-state index in [1.54, 1.807) is 24.3 Å². The third kappa shape index (κ3) is 3.51. The van der Waals surface area contributed by atoms with Gasteiger partial charge in [-0.1, -0.05) is 30.3 Å². The molecule has 1 heterocycles. The average molecular weight is 384 g/mol. The van der Waals surface area contributed by atoms with E-state index in [9.17, 15) is 17.6 Å². The Morgan fingerprint density at radius 2 is 1.21 bits per heavy atom. The van der Waals surface area contributed by atoms with Gasteiger partial charge in [0.1, 0.15) is 5.82 Å². The minimum atomic E-state index is -4.39. The molecule has 4 aromatic rings. The van der Waals surface area contributed by atoms with Crippen molar-refractivity contribution in [1.82, 2.24) is 10.2 Å². The molecule has 0 amide bonds. The predicted molar refractivity (Wildman–Crippen MR) is 95.6 cm³/mol. The Balaban J connectivity index is 1.72. The van der Waals surface area contributed by atoms with Crippen LogP contribution in [0.1, 0.15) is 5.56 Å². The van der Waals surface area contributed by atoms with Gasteiger partial charge in [-0.15, -0.1) is 10.2 Å². The molecule has 0 radical (unpaired) electrons. The van der Waals surface area contributed by atoms with E-state index in [4.69, 9.17) is 4.42 Å². The Kier molecular flexibility index (Phi) is 4.43. The van der Waals surface area contributed by atoms with Gasteiger partial charge in [0.2, 0.25) is 11.8 Å². The fourth-order valence-electron chi connectivity index (χ4n) is 2.80. The molecule has 3 nitrogen and oxygen atoms in total. The molecule has 0 aliphatic heterocycles. The third-order valence-corrected chi connectivity index (χ3v) is 4.20. The summed E-state index contributed by atoms with van der Waals surface area (Å²) in [6.45, 7) is 0. The molecule has 3 aromatic carbocycles. The highest BCUT2D eigenvalue weighted by Crippen LogP contribution is 2.35. The minimum Gasteiger partial charge on any atom is -0.416 e. The molecule has 28 heavy (non-hydrogen) atoms. The Bertz CT molecular complexity index is 1100. The van der Waals surface area contributed by atoms with Crippen molar-refractivity contribution in [2.75, 3.05) is 0 Å². The summed E-state index contributed by atoms with van der Waals surface area (Å²) in [6, 6.07) is 17.5. The van der Waals surface area contributed by atoms with Gasteiger partial charge in [-0.25, -0.2) is 4.39 Å². The number of nitrogens with zero attached hydrogens (tertiary/aromatic N) is 2. The van der Waals surface area contributed by atoms with Crippen molar-refractivity contribution in [3.05, 3.63) is 84.2 Å². The first-order valence-corrected chi connectivity index (χ1v) is 8.28. The van der Waals surface area contributed by atoms with Crippen molar-refractivity contribution < 1.29 is 22.0 Å². The van der Waals surface area contributed by atoms with Gasteiger partial charge in [0, 0.05) is 11.1 Å². The lowest BCUT2D eigenvalue weighted by Crippen LogP contribution is -2.04. The van der Waals surface area contributed by atoms with Gasteiger partial charge >= 0.3 is 6.18 Å². The Morgan fingerprint density at radius 3 is 1.86 bits per heavy atom. The number of aromatic nitrogens is 2. The first-order valence-electron chi connectivity index (χ1n) is 8.28. The molecular weight excluding hydrogens is 372 g/mol. The van der Waals surface area contributed by atoms with Crippen LogP contribution in [-0.4, -0.2) is 10.2 Å². The van der Waals surface area contributed by atoms with Gasteiger partial charge in [-0.3, -0.25) is 0 Å². The summed E-state index contributed by atoms with van der Waals surface area (Å²) < 4.78 is 57.2. The standard InChI is InChI=1S/C21H12F4N2O/c22-16-11-7-14(8-12-16)19-26-27-20(28-19)18-4-2-1-3-17(18)13-5-9-15(10-6-13)21(23,24)25/h1-12H. The molecule has 0 bridgehead atoms. The molecule has 1 aromatic heterocycles. The zero-order chi connectivity index (χ0) is 19.7. The second kappa shape index (κ2) is 6.92. The maximum atomic E-state index is 13.1. The number of rotatable bonds is 3. The zero-order valence-electron chi connectivity index (χ0n) is 14.2. The molecule has 4 rings (SSSR count). The fraction of sp³-hybridized carbons (Fsp3) is 0.0476. The fourth-order valence-corrected chi connectivity index (χ4v) is 2.80. The van der Waals surface area contributed by atoms with Gasteiger partial charge in [-0.2, -0.15) is 13.2 Å². The number of benzene rings is 3. The topological polar surface area (TPSA) is 38.9 Å². The van der Waals surface area contributed by atoms with Crippen LogP contribution in [0.3, 0.4) is 0 Å². The summed E-state index contributed by atoms with van der Waals surface area (Å²) in [5.74, 6) is 0.0585. The van der Waals surface area contributed by atoms with Crippen LogP contribution in [0.15, 0.2) is 77.2 Å². The smallest absolute Gasteiger partial charge is 0.416 e. The van der Waals surface area contributed by atoms with Crippen molar-refractivity contribution in [1.29, 1.82) is 0 Å². The Labute approximate surface area is 157 Å². The van der Waals surface area contributed by atoms with Crippen LogP contribution in [0, 0.1) is 5.82 Å². The molecule has 0 aliphatic rings. The van der Waals surface area contributed by atoms with E-state index in [0.29, 0.717) is 22.3 Å². The van der Waals surface area contributed by atoms with Crippen LogP contribution in [0.2, 0.25) is 0 Å². The maximum Gasteiger partial charge on any atom is 0.416 e. The van der Waals surface area contributed by atoms with Crippen LogP contribution in [0.5, 0.6) is 0 Å². The molecule has 0 atom stereocenters. The monoisotopic (exact) mass is 384 g/mol. The highest BCUT2D eigenvalue weighted by molar-refractivity contribution is 5.80. The van der Waals surface area contributed by atoms with Gasteiger partial charge in [0.15, 0.2) is 0 Å². The molecule has 0 unspecified atom stereocenters. The van der Waals surface area contributed by atoms with Crippen LogP contribution in [-0.2, 0) is 6.18 Å². The van der Waals surface area contributed by atoms with Gasteiger partial charge in [0.05, 0.1) is 5.56 Å². The van der Waals surface area contributed by atoms with Crippen molar-refractivity contribution >= 4 is 0 Å². The molecule has 140 valence electrons. The lowest BCUT2D eigenvalue weighted by molar-refractivity contribution is -0.137. The van der Waals surface area contributed by atoms with Crippen LogP contribution in [0.4, 0.5) is 17.6 Å². The number of hydrogen-bond donors (Lipinski definition) is 0. The van der Waals surface area contributed by atoms with Crippen molar-refractivity contribution in [3.8, 4) is 34.0 Å². The first kappa shape index (κ1) is 17.9. The lowest BCUT2D eigenvalue weighted by Gasteiger charge is -2.09. The SMILES string of the molecule is Fc1ccc(-c2nnc(-c3ccccc3-c3ccc(C(F)(F)F)cc3)o2)cc1. The maximum absolute atomic E-state index is 13.1. The zero-order valence-corrected chi connectivity index (χ0v) is 14.2. The second-order valence-electron chi connectivity index (χ2n) is 6.04. The largest absolute Gasteiger partial charge is 0.416 e. The lowest BCUT2D eigenvalue weighted by atomic mass is 9.98. The summed E-state index contributed by atoms with van der Waals surface area (Å²) in [5, 5.41) is 8.02. The molecule has 0 spiro atoms. The highest BCUT2D eigenvalue weighted by atomic mass is 19.4. The van der Waals surface area contributed by atoms with E-state index in [1.165, 1.54) is 36.4 Å². The summed E-state index contributed by atoms with van der Waals surface area (Å²) in [7, 11) is 0. The van der Waals surface area contributed by atoms with E-state index in [0.717, 1.165) is 12.1 Å². The molecular formula is C21H12F4N2O. The molecule has 0 N–H and O–H groups in total. The van der Waals surface area contributed by atoms with Gasteiger partial charge < -0.3 is 4.42 Å². The van der Waals surface area contributed by atoms with Crippen molar-refractivity contribution in [2.45, 2.75) is 6.18 Å². The summed E-state index contributed by atoms with van der Waals surface area (Å²) in [4.78, 5) is 0. The third-order valence-electron chi connectivity index (χ3n) is 4.20. The first-order chi connectivity index (χ1) is 13.4. The van der Waals surface area contributed by atoms with Crippen LogP contribution >= 0.6 is 0 Å². The van der Waals surface area contributed by atoms with Crippen LogP contribution in [0.25, 0.3) is 34.0 Å². The van der Waals surface area contributed by atoms with Gasteiger partial charge in [-0.05, 0) is 53.6 Å². The molecule has 7 heteroatoms. The van der Waals surface area contributed by atoms with E-state index in [2.05, 4.69) is 10.2 Å². The molecule has 0 saturated carbocycles.